The summed E-state index contributed by atoms with van der Waals surface area (Å²) in [4.78, 5) is 18.8. The second-order valence-electron chi connectivity index (χ2n) is 10.3. The van der Waals surface area contributed by atoms with Crippen LogP contribution in [0.1, 0.15) is 54.1 Å². The van der Waals surface area contributed by atoms with Crippen molar-refractivity contribution in [1.82, 2.24) is 0 Å². The fraction of sp³-hybridized carbons (Fsp3) is 0.200. The lowest BCUT2D eigenvalue weighted by Gasteiger charge is -2.29. The molecule has 0 atom stereocenters. The van der Waals surface area contributed by atoms with Crippen LogP contribution in [0.2, 0.25) is 0 Å². The van der Waals surface area contributed by atoms with E-state index in [1.807, 2.05) is 53.8 Å². The minimum Gasteiger partial charge on any atom is -0.351 e. The molecule has 4 aromatic rings. The van der Waals surface area contributed by atoms with Gasteiger partial charge in [0.2, 0.25) is 10.7 Å². The second kappa shape index (κ2) is 9.20. The molecule has 0 aromatic carbocycles. The number of nitrogens with zero attached hydrogens (tertiary/aromatic N) is 6. The number of nitriles is 3. The third-order valence-corrected chi connectivity index (χ3v) is 11.9. The maximum absolute atomic E-state index is 9.08. The topological polar surface area (TPSA) is 100 Å². The van der Waals surface area contributed by atoms with Gasteiger partial charge in [0.05, 0.1) is 0 Å². The molecule has 0 radical (unpaired) electrons. The number of aliphatic imine (C=N–C) groups is 2. The van der Waals surface area contributed by atoms with Gasteiger partial charge in [0.1, 0.15) is 23.2 Å². The molecule has 0 N–H and O–H groups in total. The van der Waals surface area contributed by atoms with Gasteiger partial charge in [0.25, 0.3) is 0 Å². The summed E-state index contributed by atoms with van der Waals surface area (Å²) in [6, 6.07) is 15.6. The number of hydrogen-bond donors (Lipinski definition) is 0. The third-order valence-electron chi connectivity index (χ3n) is 7.29. The molecule has 4 aromatic heterocycles. The van der Waals surface area contributed by atoms with Crippen molar-refractivity contribution in [2.45, 2.75) is 38.5 Å². The van der Waals surface area contributed by atoms with Crippen molar-refractivity contribution >= 4 is 78.5 Å². The van der Waals surface area contributed by atoms with E-state index in [1.165, 1.54) is 64.4 Å². The Hall–Kier alpha value is -4.16. The Morgan fingerprint density at radius 1 is 0.775 bits per heavy atom. The van der Waals surface area contributed by atoms with Crippen LogP contribution < -0.4 is 0 Å². The molecule has 10 heteroatoms. The van der Waals surface area contributed by atoms with E-state index in [-0.39, 0.29) is 22.4 Å². The highest BCUT2D eigenvalue weighted by Crippen LogP contribution is 2.64. The van der Waals surface area contributed by atoms with Gasteiger partial charge in [-0.25, -0.2) is 10.3 Å². The first-order chi connectivity index (χ1) is 19.1. The fourth-order valence-corrected chi connectivity index (χ4v) is 10.5. The number of thiophene rings is 4. The van der Waals surface area contributed by atoms with Crippen molar-refractivity contribution in [1.29, 1.82) is 15.8 Å². The van der Waals surface area contributed by atoms with Crippen LogP contribution in [0.5, 0.6) is 0 Å². The Bertz CT molecular complexity index is 1980. The highest BCUT2D eigenvalue weighted by Gasteiger charge is 2.48. The molecular weight excluding hydrogens is 573 g/mol. The molecule has 0 aliphatic heterocycles. The summed E-state index contributed by atoms with van der Waals surface area (Å²) in [5.74, 6) is -0.156. The maximum atomic E-state index is 9.08. The minimum absolute atomic E-state index is 0.140. The average Bonchev–Trinajstić information content (AvgIpc) is 3.75. The number of fused-ring (bicyclic) bond motifs is 5. The molecule has 0 amide bonds. The predicted octanol–water partition coefficient (Wildman–Crippen LogP) is 9.33. The number of allylic oxidation sites excluding steroid dienone is 1. The molecule has 0 fully saturated rings. The zero-order chi connectivity index (χ0) is 28.4. The summed E-state index contributed by atoms with van der Waals surface area (Å²) in [6.45, 7) is 16.2. The molecule has 6 rings (SSSR count). The van der Waals surface area contributed by atoms with Gasteiger partial charge in [0.15, 0.2) is 0 Å². The quantitative estimate of drug-likeness (QED) is 0.134. The summed E-state index contributed by atoms with van der Waals surface area (Å²) < 4.78 is 0. The molecular formula is C30H18N6S4. The molecule has 40 heavy (non-hydrogen) atoms. The monoisotopic (exact) mass is 590 g/mol. The standard InChI is InChI=1S/C30H18N6S4/c1-29(2)16(18-6-8-23(37-18)35-15(12-31)13-32)10-21-25(29)26-28(40-21)27-17(30(26,3)4)11-20(39-27)19-7-9-24(38-19)36-22(14-33)34-5/h6-11H,1-4H3. The fourth-order valence-electron chi connectivity index (χ4n) is 5.45. The van der Waals surface area contributed by atoms with Crippen molar-refractivity contribution in [2.75, 3.05) is 0 Å². The molecule has 0 spiro atoms. The van der Waals surface area contributed by atoms with E-state index in [0.717, 1.165) is 9.75 Å². The molecule has 0 saturated heterocycles. The predicted molar refractivity (Wildman–Crippen MR) is 166 cm³/mol. The summed E-state index contributed by atoms with van der Waals surface area (Å²) >= 11 is 6.63. The summed E-state index contributed by atoms with van der Waals surface area (Å²) in [5, 5.41) is 28.5. The van der Waals surface area contributed by atoms with Gasteiger partial charge in [0, 0.05) is 40.1 Å². The van der Waals surface area contributed by atoms with Crippen molar-refractivity contribution in [2.24, 2.45) is 9.98 Å². The average molecular weight is 591 g/mol. The zero-order valence-electron chi connectivity index (χ0n) is 21.8. The van der Waals surface area contributed by atoms with Gasteiger partial charge >= 0.3 is 5.84 Å². The SMILES string of the molecule is [C-]#[N+]C(C#N)=Nc1ccc(-c2cc3c(s2)-c2sc4c(c2C3(C)C)C(C)(C)C(c2ccc(N=C(C#N)C#N)s2)=C4)s1. The van der Waals surface area contributed by atoms with Crippen molar-refractivity contribution in [3.63, 3.8) is 0 Å². The van der Waals surface area contributed by atoms with E-state index in [9.17, 15) is 0 Å². The van der Waals surface area contributed by atoms with Gasteiger partial charge in [-0.3, -0.25) is 0 Å². The molecule has 2 aliphatic rings. The van der Waals surface area contributed by atoms with Gasteiger partial charge in [-0.15, -0.1) is 34.0 Å². The van der Waals surface area contributed by atoms with E-state index in [0.29, 0.717) is 10.0 Å². The summed E-state index contributed by atoms with van der Waals surface area (Å²) in [6.07, 6.45) is 2.30. The lowest BCUT2D eigenvalue weighted by atomic mass is 9.73. The van der Waals surface area contributed by atoms with Crippen LogP contribution in [0.4, 0.5) is 10.0 Å². The first kappa shape index (κ1) is 26.1. The van der Waals surface area contributed by atoms with Crippen LogP contribution >= 0.6 is 45.3 Å². The molecule has 6 nitrogen and oxygen atoms in total. The lowest BCUT2D eigenvalue weighted by molar-refractivity contribution is 0.620. The Kier molecular flexibility index (Phi) is 6.00. The van der Waals surface area contributed by atoms with E-state index in [4.69, 9.17) is 22.4 Å². The highest BCUT2D eigenvalue weighted by molar-refractivity contribution is 7.28. The van der Waals surface area contributed by atoms with Gasteiger partial charge in [-0.05, 0) is 58.7 Å². The highest BCUT2D eigenvalue weighted by atomic mass is 32.1. The number of hydrogen-bond acceptors (Lipinski definition) is 9. The first-order valence-corrected chi connectivity index (χ1v) is 15.4. The van der Waals surface area contributed by atoms with Crippen molar-refractivity contribution < 1.29 is 0 Å². The zero-order valence-corrected chi connectivity index (χ0v) is 25.0. The van der Waals surface area contributed by atoms with Crippen LogP contribution in [-0.2, 0) is 10.8 Å². The van der Waals surface area contributed by atoms with Crippen LogP contribution in [-0.4, -0.2) is 11.5 Å². The number of rotatable bonds is 4. The van der Waals surface area contributed by atoms with Crippen molar-refractivity contribution in [3.8, 4) is 37.7 Å². The minimum atomic E-state index is -0.214. The number of amidine groups is 1. The van der Waals surface area contributed by atoms with E-state index in [2.05, 4.69) is 54.7 Å². The summed E-state index contributed by atoms with van der Waals surface area (Å²) in [7, 11) is 0. The second-order valence-corrected chi connectivity index (χ2v) is 14.6. The van der Waals surface area contributed by atoms with Crippen LogP contribution in [0.25, 0.3) is 36.0 Å². The van der Waals surface area contributed by atoms with Gasteiger partial charge in [-0.2, -0.15) is 10.5 Å². The molecule has 0 saturated carbocycles. The Balaban J connectivity index is 1.39. The third kappa shape index (κ3) is 3.81. The first-order valence-electron chi connectivity index (χ1n) is 12.1. The Morgan fingerprint density at radius 3 is 2.12 bits per heavy atom. The van der Waals surface area contributed by atoms with E-state index >= 15 is 0 Å². The Labute approximate surface area is 247 Å². The van der Waals surface area contributed by atoms with Crippen LogP contribution in [0.15, 0.2) is 40.3 Å². The van der Waals surface area contributed by atoms with Gasteiger partial charge in [-0.1, -0.05) is 50.6 Å². The lowest BCUT2D eigenvalue weighted by Crippen LogP contribution is -2.23. The summed E-state index contributed by atoms with van der Waals surface area (Å²) in [5.41, 5.74) is 4.81. The largest absolute Gasteiger partial charge is 0.351 e. The molecule has 2 aliphatic carbocycles. The normalized spacial score (nSPS) is 15.6. The molecule has 192 valence electrons. The van der Waals surface area contributed by atoms with Crippen LogP contribution in [0, 0.1) is 40.6 Å². The van der Waals surface area contributed by atoms with E-state index < -0.39 is 0 Å². The molecule has 4 heterocycles. The van der Waals surface area contributed by atoms with Crippen LogP contribution in [0.3, 0.4) is 0 Å². The molecule has 0 unspecified atom stereocenters. The maximum Gasteiger partial charge on any atom is 0.350 e. The smallest absolute Gasteiger partial charge is 0.350 e. The van der Waals surface area contributed by atoms with Gasteiger partial charge < -0.3 is 4.85 Å². The Morgan fingerprint density at radius 2 is 1.45 bits per heavy atom. The van der Waals surface area contributed by atoms with E-state index in [1.54, 1.807) is 11.3 Å². The molecule has 0 bridgehead atoms. The van der Waals surface area contributed by atoms with Crippen molar-refractivity contribution in [3.05, 3.63) is 68.2 Å².